The van der Waals surface area contributed by atoms with E-state index in [-0.39, 0.29) is 18.0 Å². The molecule has 2 aromatic rings. The van der Waals surface area contributed by atoms with E-state index < -0.39 is 0 Å². The summed E-state index contributed by atoms with van der Waals surface area (Å²) in [6.07, 6.45) is 6.92. The molecular formula is C29H35N5O. The van der Waals surface area contributed by atoms with E-state index >= 15 is 0 Å². The lowest BCUT2D eigenvalue weighted by Crippen LogP contribution is -2.48. The van der Waals surface area contributed by atoms with Gasteiger partial charge in [0.2, 0.25) is 5.91 Å². The maximum atomic E-state index is 13.1. The summed E-state index contributed by atoms with van der Waals surface area (Å²) in [7, 11) is 0. The number of hydrogen-bond acceptors (Lipinski definition) is 5. The molecule has 0 saturated carbocycles. The summed E-state index contributed by atoms with van der Waals surface area (Å²) in [5, 5.41) is 3.15. The quantitative estimate of drug-likeness (QED) is 0.686. The topological polar surface area (TPSA) is 51.2 Å². The Morgan fingerprint density at radius 3 is 2.11 bits per heavy atom. The average molecular weight is 470 g/mol. The first-order valence-corrected chi connectivity index (χ1v) is 12.7. The van der Waals surface area contributed by atoms with Crippen molar-refractivity contribution >= 4 is 23.1 Å². The maximum Gasteiger partial charge on any atom is 0.245 e. The van der Waals surface area contributed by atoms with Gasteiger partial charge in [-0.1, -0.05) is 42.8 Å². The molecule has 35 heavy (non-hydrogen) atoms. The molecular weight excluding hydrogens is 434 g/mol. The number of nitrogens with zero attached hydrogens (tertiary/aromatic N) is 4. The number of rotatable bonds is 6. The third kappa shape index (κ3) is 4.97. The van der Waals surface area contributed by atoms with E-state index in [4.69, 9.17) is 4.99 Å². The Balaban J connectivity index is 1.15. The van der Waals surface area contributed by atoms with E-state index in [2.05, 4.69) is 77.5 Å². The zero-order chi connectivity index (χ0) is 24.4. The van der Waals surface area contributed by atoms with Crippen LogP contribution in [0.5, 0.6) is 0 Å². The molecule has 0 spiro atoms. The maximum absolute atomic E-state index is 13.1. The molecule has 1 amide bonds. The lowest BCUT2D eigenvalue weighted by Gasteiger charge is -2.37. The molecule has 0 aromatic heterocycles. The molecule has 6 nitrogen and oxygen atoms in total. The van der Waals surface area contributed by atoms with Crippen LogP contribution in [-0.4, -0.2) is 54.9 Å². The monoisotopic (exact) mass is 469 g/mol. The number of anilines is 2. The summed E-state index contributed by atoms with van der Waals surface area (Å²) in [4.78, 5) is 24.8. The predicted molar refractivity (Wildman–Crippen MR) is 144 cm³/mol. The summed E-state index contributed by atoms with van der Waals surface area (Å²) in [6, 6.07) is 17.1. The Labute approximate surface area is 208 Å². The van der Waals surface area contributed by atoms with Crippen LogP contribution in [0.4, 0.5) is 11.4 Å². The molecule has 3 aliphatic heterocycles. The Bertz CT molecular complexity index is 1140. The molecule has 6 heteroatoms. The first kappa shape index (κ1) is 23.2. The van der Waals surface area contributed by atoms with Crippen molar-refractivity contribution in [2.45, 2.75) is 45.8 Å². The van der Waals surface area contributed by atoms with Crippen LogP contribution in [0.2, 0.25) is 0 Å². The van der Waals surface area contributed by atoms with Crippen LogP contribution >= 0.6 is 0 Å². The van der Waals surface area contributed by atoms with Gasteiger partial charge < -0.3 is 20.0 Å². The third-order valence-electron chi connectivity index (χ3n) is 7.20. The Morgan fingerprint density at radius 1 is 0.914 bits per heavy atom. The summed E-state index contributed by atoms with van der Waals surface area (Å²) in [6.45, 7) is 10.8. The minimum atomic E-state index is -0.279. The largest absolute Gasteiger partial charge is 0.368 e. The van der Waals surface area contributed by atoms with Crippen LogP contribution in [0.3, 0.4) is 0 Å². The number of carbonyl (C=O) groups is 1. The van der Waals surface area contributed by atoms with Crippen LogP contribution in [-0.2, 0) is 11.3 Å². The van der Waals surface area contributed by atoms with Crippen molar-refractivity contribution in [2.24, 2.45) is 4.99 Å². The number of amidine groups is 1. The zero-order valence-corrected chi connectivity index (χ0v) is 20.9. The second-order valence-electron chi connectivity index (χ2n) is 9.72. The van der Waals surface area contributed by atoms with E-state index in [0.29, 0.717) is 6.54 Å². The predicted octanol–water partition coefficient (Wildman–Crippen LogP) is 4.27. The summed E-state index contributed by atoms with van der Waals surface area (Å²) in [5.74, 6) is 0.917. The van der Waals surface area contributed by atoms with Gasteiger partial charge in [-0.3, -0.25) is 9.79 Å². The summed E-state index contributed by atoms with van der Waals surface area (Å²) < 4.78 is 0. The van der Waals surface area contributed by atoms with Gasteiger partial charge >= 0.3 is 0 Å². The lowest BCUT2D eigenvalue weighted by atomic mass is 10.0. The molecule has 2 atom stereocenters. The van der Waals surface area contributed by atoms with Crippen LogP contribution in [0.15, 0.2) is 77.4 Å². The third-order valence-corrected chi connectivity index (χ3v) is 7.20. The molecule has 0 radical (unpaired) electrons. The van der Waals surface area contributed by atoms with Crippen molar-refractivity contribution in [1.29, 1.82) is 0 Å². The number of fused-ring (bicyclic) bond motifs is 1. The van der Waals surface area contributed by atoms with Crippen LogP contribution in [0.1, 0.15) is 31.4 Å². The normalized spacial score (nSPS) is 21.5. The van der Waals surface area contributed by atoms with Crippen molar-refractivity contribution in [3.8, 4) is 0 Å². The van der Waals surface area contributed by atoms with E-state index in [9.17, 15) is 4.79 Å². The van der Waals surface area contributed by atoms with Crippen molar-refractivity contribution in [2.75, 3.05) is 36.0 Å². The minimum Gasteiger partial charge on any atom is -0.368 e. The van der Waals surface area contributed by atoms with Gasteiger partial charge in [-0.05, 0) is 61.7 Å². The van der Waals surface area contributed by atoms with Crippen molar-refractivity contribution < 1.29 is 4.79 Å². The Kier molecular flexibility index (Phi) is 6.62. The zero-order valence-electron chi connectivity index (χ0n) is 20.9. The Hall–Kier alpha value is -3.54. The highest BCUT2D eigenvalue weighted by Gasteiger charge is 2.39. The average Bonchev–Trinajstić information content (AvgIpc) is 3.26. The van der Waals surface area contributed by atoms with E-state index in [1.807, 2.05) is 30.2 Å². The molecule has 2 unspecified atom stereocenters. The molecule has 1 fully saturated rings. The lowest BCUT2D eigenvalue weighted by molar-refractivity contribution is -0.124. The highest BCUT2D eigenvalue weighted by Crippen LogP contribution is 2.26. The van der Waals surface area contributed by atoms with E-state index in [1.54, 1.807) is 0 Å². The fourth-order valence-corrected chi connectivity index (χ4v) is 5.09. The first-order valence-electron chi connectivity index (χ1n) is 12.7. The fraction of sp³-hybridized carbons (Fsp3) is 0.379. The van der Waals surface area contributed by atoms with Gasteiger partial charge in [0.05, 0.1) is 6.04 Å². The summed E-state index contributed by atoms with van der Waals surface area (Å²) >= 11 is 0. The number of amides is 1. The highest BCUT2D eigenvalue weighted by atomic mass is 16.2. The van der Waals surface area contributed by atoms with Gasteiger partial charge in [0.25, 0.3) is 0 Å². The number of aliphatic imine (C=N–C) groups is 1. The van der Waals surface area contributed by atoms with Crippen LogP contribution in [0, 0.1) is 6.92 Å². The number of piperazine rings is 1. The smallest absolute Gasteiger partial charge is 0.245 e. The van der Waals surface area contributed by atoms with Gasteiger partial charge in [0.1, 0.15) is 11.9 Å². The van der Waals surface area contributed by atoms with Gasteiger partial charge in [-0.15, -0.1) is 0 Å². The number of carbonyl (C=O) groups excluding carboxylic acids is 1. The number of benzene rings is 2. The van der Waals surface area contributed by atoms with Crippen LogP contribution in [0.25, 0.3) is 0 Å². The van der Waals surface area contributed by atoms with E-state index in [0.717, 1.165) is 49.6 Å². The van der Waals surface area contributed by atoms with Gasteiger partial charge in [0, 0.05) is 50.3 Å². The highest BCUT2D eigenvalue weighted by molar-refractivity contribution is 6.01. The molecule has 0 bridgehead atoms. The number of aryl methyl sites for hydroxylation is 1. The minimum absolute atomic E-state index is 0.0160. The number of hydrogen-bond donors (Lipinski definition) is 1. The molecule has 3 heterocycles. The van der Waals surface area contributed by atoms with Gasteiger partial charge in [-0.25, -0.2) is 0 Å². The first-order chi connectivity index (χ1) is 17.0. The summed E-state index contributed by atoms with van der Waals surface area (Å²) in [5.41, 5.74) is 6.08. The van der Waals surface area contributed by atoms with Gasteiger partial charge in [-0.2, -0.15) is 0 Å². The molecule has 2 aromatic carbocycles. The standard InChI is InChI=1S/C29H35N5O/c1-4-26-28(34-20-22(3)7-14-27(34)31-26)29(35)30-19-23-8-12-25(13-9-23)33-17-15-32(16-18-33)24-10-5-21(2)6-11-24/h5-14,20,26,28H,4,15-19H2,1-3H3,(H,30,35). The molecule has 5 rings (SSSR count). The van der Waals surface area contributed by atoms with Crippen molar-refractivity contribution in [3.05, 3.63) is 83.6 Å². The van der Waals surface area contributed by atoms with Crippen LogP contribution < -0.4 is 15.1 Å². The fourth-order valence-electron chi connectivity index (χ4n) is 5.09. The second-order valence-corrected chi connectivity index (χ2v) is 9.72. The van der Waals surface area contributed by atoms with Crippen molar-refractivity contribution in [3.63, 3.8) is 0 Å². The van der Waals surface area contributed by atoms with E-state index in [1.165, 1.54) is 16.9 Å². The SMILES string of the molecule is CCC1N=C2C=CC(C)=CN2C1C(=O)NCc1ccc(N2CCN(c3ccc(C)cc3)CC2)cc1. The van der Waals surface area contributed by atoms with Gasteiger partial charge in [0.15, 0.2) is 0 Å². The molecule has 3 aliphatic rings. The number of allylic oxidation sites excluding steroid dienone is 2. The molecule has 1 N–H and O–H groups in total. The molecule has 1 saturated heterocycles. The Morgan fingerprint density at radius 2 is 1.51 bits per heavy atom. The molecule has 182 valence electrons. The van der Waals surface area contributed by atoms with Crippen molar-refractivity contribution in [1.82, 2.24) is 10.2 Å². The molecule has 0 aliphatic carbocycles. The second kappa shape index (κ2) is 9.98. The number of nitrogens with one attached hydrogen (secondary N) is 1.